The molecule has 3 aromatic rings. The van der Waals surface area contributed by atoms with Crippen LogP contribution in [0, 0.1) is 5.92 Å². The van der Waals surface area contributed by atoms with Gasteiger partial charge in [-0.05, 0) is 66.6 Å². The van der Waals surface area contributed by atoms with E-state index in [1.54, 1.807) is 30.3 Å². The van der Waals surface area contributed by atoms with Gasteiger partial charge in [0.15, 0.2) is 9.84 Å². The fraction of sp³-hybridized carbons (Fsp3) is 0.310. The third-order valence-electron chi connectivity index (χ3n) is 7.04. The van der Waals surface area contributed by atoms with Crippen molar-refractivity contribution in [3.8, 4) is 17.2 Å². The third-order valence-corrected chi connectivity index (χ3v) is 8.48. The molecular formula is C29H29ClFNO5S. The Kier molecular flexibility index (Phi) is 7.40. The molecule has 3 aromatic carbocycles. The van der Waals surface area contributed by atoms with Crippen LogP contribution in [0.1, 0.15) is 29.7 Å². The Morgan fingerprint density at radius 2 is 1.82 bits per heavy atom. The van der Waals surface area contributed by atoms with Gasteiger partial charge < -0.3 is 14.6 Å². The lowest BCUT2D eigenvalue weighted by Gasteiger charge is -2.37. The normalized spacial score (nSPS) is 18.1. The Bertz CT molecular complexity index is 1480. The van der Waals surface area contributed by atoms with E-state index in [2.05, 4.69) is 4.90 Å². The number of likely N-dealkylation sites (tertiary alicyclic amines) is 1. The van der Waals surface area contributed by atoms with E-state index in [4.69, 9.17) is 21.1 Å². The highest BCUT2D eigenvalue weighted by atomic mass is 35.5. The molecule has 1 atom stereocenters. The lowest BCUT2D eigenvalue weighted by Crippen LogP contribution is -2.49. The van der Waals surface area contributed by atoms with Crippen LogP contribution in [-0.2, 0) is 9.84 Å². The molecular weight excluding hydrogens is 529 g/mol. The van der Waals surface area contributed by atoms with Crippen LogP contribution in [0.5, 0.6) is 17.2 Å². The molecule has 0 spiro atoms. The van der Waals surface area contributed by atoms with Crippen molar-refractivity contribution in [2.45, 2.75) is 17.9 Å². The summed E-state index contributed by atoms with van der Waals surface area (Å²) in [5.74, 6) is 1.55. The van der Waals surface area contributed by atoms with Crippen molar-refractivity contribution in [2.24, 2.45) is 5.92 Å². The molecule has 1 N–H and O–H groups in total. The van der Waals surface area contributed by atoms with Crippen LogP contribution in [0.15, 0.2) is 65.6 Å². The predicted molar refractivity (Wildman–Crippen MR) is 146 cm³/mol. The Balaban J connectivity index is 1.46. The molecule has 1 fully saturated rings. The van der Waals surface area contributed by atoms with Crippen molar-refractivity contribution in [1.82, 2.24) is 4.90 Å². The molecule has 1 saturated heterocycles. The van der Waals surface area contributed by atoms with Crippen molar-refractivity contribution < 1.29 is 27.4 Å². The van der Waals surface area contributed by atoms with Crippen molar-refractivity contribution in [3.63, 3.8) is 0 Å². The molecule has 2 aliphatic heterocycles. The quantitative estimate of drug-likeness (QED) is 0.378. The first-order chi connectivity index (χ1) is 18.1. The van der Waals surface area contributed by atoms with E-state index >= 15 is 0 Å². The van der Waals surface area contributed by atoms with Crippen LogP contribution in [0.3, 0.4) is 0 Å². The van der Waals surface area contributed by atoms with E-state index in [0.29, 0.717) is 39.8 Å². The number of nitrogens with zero attached hydrogens (tertiary/aromatic N) is 1. The van der Waals surface area contributed by atoms with Gasteiger partial charge in [-0.2, -0.15) is 0 Å². The number of allylic oxidation sites excluding steroid dienone is 1. The SMILES string of the molecule is CC1=C(c2cc(S(C)(=O)=O)ccc2Cl)[C@@H](c2ccc(OCCN3CC(CF)C3)cc2)Oc2ccc(O)cc21. The highest BCUT2D eigenvalue weighted by Gasteiger charge is 2.31. The van der Waals surface area contributed by atoms with Crippen molar-refractivity contribution in [1.29, 1.82) is 0 Å². The minimum Gasteiger partial charge on any atom is -0.508 e. The topological polar surface area (TPSA) is 76.1 Å². The summed E-state index contributed by atoms with van der Waals surface area (Å²) in [5, 5.41) is 10.5. The molecule has 6 nitrogen and oxygen atoms in total. The number of aromatic hydroxyl groups is 1. The molecule has 0 bridgehead atoms. The Hall–Kier alpha value is -3.07. The summed E-state index contributed by atoms with van der Waals surface area (Å²) in [6.45, 7) is 4.44. The van der Waals surface area contributed by atoms with Gasteiger partial charge in [0.2, 0.25) is 0 Å². The Morgan fingerprint density at radius 3 is 2.50 bits per heavy atom. The number of phenols is 1. The number of hydrogen-bond acceptors (Lipinski definition) is 6. The molecule has 0 amide bonds. The van der Waals surface area contributed by atoms with Gasteiger partial charge >= 0.3 is 0 Å². The largest absolute Gasteiger partial charge is 0.508 e. The minimum absolute atomic E-state index is 0.0976. The van der Waals surface area contributed by atoms with Crippen LogP contribution in [0.2, 0.25) is 5.02 Å². The van der Waals surface area contributed by atoms with Crippen LogP contribution in [-0.4, -0.2) is 57.6 Å². The Morgan fingerprint density at radius 1 is 1.08 bits per heavy atom. The predicted octanol–water partition coefficient (Wildman–Crippen LogP) is 5.79. The summed E-state index contributed by atoms with van der Waals surface area (Å²) < 4.78 is 49.6. The van der Waals surface area contributed by atoms with E-state index in [9.17, 15) is 17.9 Å². The number of halogens is 2. The zero-order valence-corrected chi connectivity index (χ0v) is 22.7. The van der Waals surface area contributed by atoms with Crippen LogP contribution >= 0.6 is 11.6 Å². The fourth-order valence-corrected chi connectivity index (χ4v) is 5.82. The maximum atomic E-state index is 12.6. The summed E-state index contributed by atoms with van der Waals surface area (Å²) in [4.78, 5) is 2.32. The molecule has 0 aliphatic carbocycles. The molecule has 0 unspecified atom stereocenters. The molecule has 200 valence electrons. The first-order valence-electron chi connectivity index (χ1n) is 12.4. The molecule has 0 radical (unpaired) electrons. The summed E-state index contributed by atoms with van der Waals surface area (Å²) in [6.07, 6.45) is 0.580. The van der Waals surface area contributed by atoms with Gasteiger partial charge in [0.05, 0.1) is 11.6 Å². The summed E-state index contributed by atoms with van der Waals surface area (Å²) in [6, 6.07) is 17.1. The van der Waals surface area contributed by atoms with Gasteiger partial charge in [-0.25, -0.2) is 8.42 Å². The minimum atomic E-state index is -3.47. The van der Waals surface area contributed by atoms with Crippen molar-refractivity contribution in [3.05, 3.63) is 82.4 Å². The number of rotatable bonds is 8. The van der Waals surface area contributed by atoms with Crippen LogP contribution < -0.4 is 9.47 Å². The smallest absolute Gasteiger partial charge is 0.175 e. The van der Waals surface area contributed by atoms with Gasteiger partial charge in [-0.3, -0.25) is 9.29 Å². The van der Waals surface area contributed by atoms with Crippen molar-refractivity contribution >= 4 is 32.6 Å². The zero-order chi connectivity index (χ0) is 27.0. The van der Waals surface area contributed by atoms with E-state index in [-0.39, 0.29) is 23.2 Å². The molecule has 38 heavy (non-hydrogen) atoms. The zero-order valence-electron chi connectivity index (χ0n) is 21.2. The molecule has 9 heteroatoms. The molecule has 2 heterocycles. The van der Waals surface area contributed by atoms with Gasteiger partial charge in [-0.1, -0.05) is 23.7 Å². The molecule has 2 aliphatic rings. The average molecular weight is 558 g/mol. The van der Waals surface area contributed by atoms with E-state index in [1.165, 1.54) is 6.07 Å². The van der Waals surface area contributed by atoms with E-state index in [1.807, 2.05) is 31.2 Å². The molecule has 0 aromatic heterocycles. The van der Waals surface area contributed by atoms with Crippen molar-refractivity contribution in [2.75, 3.05) is 39.2 Å². The van der Waals surface area contributed by atoms with Gasteiger partial charge in [0.1, 0.15) is 30.0 Å². The number of sulfone groups is 1. The Labute approximate surface area is 227 Å². The first kappa shape index (κ1) is 26.5. The standard InChI is InChI=1S/C29H29ClFNO5S/c1-18-24-13-21(33)5-10-27(24)37-29(28(18)25-14-23(38(2,34)35)8-9-26(25)30)20-3-6-22(7-4-20)36-12-11-32-16-19(15-31)17-32/h3-10,13-14,19,29,33H,11-12,15-17H2,1-2H3/t29-/m1/s1. The molecule has 0 saturated carbocycles. The summed E-state index contributed by atoms with van der Waals surface area (Å²) >= 11 is 6.62. The summed E-state index contributed by atoms with van der Waals surface area (Å²) in [5.41, 5.74) is 3.62. The van der Waals surface area contributed by atoms with Gasteiger partial charge in [-0.15, -0.1) is 0 Å². The van der Waals surface area contributed by atoms with E-state index < -0.39 is 15.9 Å². The lowest BCUT2D eigenvalue weighted by molar-refractivity contribution is 0.0668. The lowest BCUT2D eigenvalue weighted by atomic mass is 9.86. The monoisotopic (exact) mass is 557 g/mol. The second kappa shape index (κ2) is 10.6. The second-order valence-electron chi connectivity index (χ2n) is 9.83. The molecule has 5 rings (SSSR count). The number of hydrogen-bond donors (Lipinski definition) is 1. The number of phenolic OH excluding ortho intramolecular Hbond substituents is 1. The highest BCUT2D eigenvalue weighted by Crippen LogP contribution is 2.49. The van der Waals surface area contributed by atoms with Crippen LogP contribution in [0.25, 0.3) is 11.1 Å². The number of benzene rings is 3. The number of alkyl halides is 1. The fourth-order valence-electron chi connectivity index (χ4n) is 4.95. The second-order valence-corrected chi connectivity index (χ2v) is 12.3. The van der Waals surface area contributed by atoms with E-state index in [0.717, 1.165) is 37.0 Å². The maximum absolute atomic E-state index is 12.6. The summed E-state index contributed by atoms with van der Waals surface area (Å²) in [7, 11) is -3.47. The van der Waals surface area contributed by atoms with Gasteiger partial charge in [0.25, 0.3) is 0 Å². The number of ether oxygens (including phenoxy) is 2. The number of fused-ring (bicyclic) bond motifs is 1. The average Bonchev–Trinajstić information content (AvgIpc) is 2.86. The highest BCUT2D eigenvalue weighted by molar-refractivity contribution is 7.90. The van der Waals surface area contributed by atoms with Crippen LogP contribution in [0.4, 0.5) is 4.39 Å². The third kappa shape index (κ3) is 5.39. The maximum Gasteiger partial charge on any atom is 0.175 e. The van der Waals surface area contributed by atoms with Gasteiger partial charge in [0, 0.05) is 53.5 Å². The first-order valence-corrected chi connectivity index (χ1v) is 14.6.